The number of furan rings is 1. The number of benzene rings is 1. The van der Waals surface area contributed by atoms with Crippen LogP contribution in [0.3, 0.4) is 0 Å². The summed E-state index contributed by atoms with van der Waals surface area (Å²) in [6.45, 7) is 5.67. The molecule has 2 heteroatoms. The molecule has 0 fully saturated rings. The van der Waals surface area contributed by atoms with Gasteiger partial charge >= 0.3 is 0 Å². The van der Waals surface area contributed by atoms with Crippen LogP contribution in [0.25, 0.3) is 11.0 Å². The summed E-state index contributed by atoms with van der Waals surface area (Å²) in [5.74, 6) is 0.637. The lowest BCUT2D eigenvalue weighted by atomic mass is 10.1. The first-order valence-corrected chi connectivity index (χ1v) is 3.98. The maximum absolute atomic E-state index is 8.86. The number of fused-ring (bicyclic) bond motifs is 1. The molecule has 1 heterocycles. The van der Waals surface area contributed by atoms with Crippen LogP contribution >= 0.6 is 0 Å². The SMILES string of the molecule is [CH2]c1oc2cccc(C#N)c2c1C. The molecule has 63 valence electrons. The Morgan fingerprint density at radius 3 is 2.92 bits per heavy atom. The molecule has 0 aliphatic heterocycles. The van der Waals surface area contributed by atoms with E-state index in [0.29, 0.717) is 11.3 Å². The predicted molar refractivity (Wildman–Crippen MR) is 50.1 cm³/mol. The second-order valence-corrected chi connectivity index (χ2v) is 2.94. The Morgan fingerprint density at radius 2 is 2.23 bits per heavy atom. The molecule has 1 aromatic heterocycles. The Hall–Kier alpha value is -1.75. The van der Waals surface area contributed by atoms with E-state index in [4.69, 9.17) is 9.68 Å². The van der Waals surface area contributed by atoms with E-state index in [2.05, 4.69) is 13.0 Å². The fourth-order valence-electron chi connectivity index (χ4n) is 1.44. The lowest BCUT2D eigenvalue weighted by molar-refractivity contribution is 0.592. The van der Waals surface area contributed by atoms with Gasteiger partial charge in [-0.25, -0.2) is 0 Å². The van der Waals surface area contributed by atoms with Crippen molar-refractivity contribution in [1.29, 1.82) is 5.26 Å². The highest BCUT2D eigenvalue weighted by molar-refractivity contribution is 5.87. The highest BCUT2D eigenvalue weighted by atomic mass is 16.3. The van der Waals surface area contributed by atoms with Crippen LogP contribution in [0.1, 0.15) is 16.9 Å². The highest BCUT2D eigenvalue weighted by Gasteiger charge is 2.09. The van der Waals surface area contributed by atoms with E-state index in [1.54, 1.807) is 6.07 Å². The first kappa shape index (κ1) is 7.88. The van der Waals surface area contributed by atoms with Crippen LogP contribution in [0.2, 0.25) is 0 Å². The van der Waals surface area contributed by atoms with Crippen LogP contribution in [0, 0.1) is 25.2 Å². The van der Waals surface area contributed by atoms with Gasteiger partial charge in [0, 0.05) is 12.3 Å². The molecule has 13 heavy (non-hydrogen) atoms. The molecule has 0 atom stereocenters. The highest BCUT2D eigenvalue weighted by Crippen LogP contribution is 2.27. The van der Waals surface area contributed by atoms with Gasteiger partial charge in [-0.1, -0.05) is 6.07 Å². The van der Waals surface area contributed by atoms with Crippen LogP contribution in [-0.2, 0) is 0 Å². The molecule has 0 aliphatic rings. The molecule has 0 saturated heterocycles. The van der Waals surface area contributed by atoms with Crippen molar-refractivity contribution in [3.05, 3.63) is 42.0 Å². The zero-order chi connectivity index (χ0) is 9.42. The second kappa shape index (κ2) is 2.63. The number of nitriles is 1. The first-order chi connectivity index (χ1) is 6.24. The third-order valence-corrected chi connectivity index (χ3v) is 2.17. The Kier molecular flexibility index (Phi) is 1.60. The zero-order valence-electron chi connectivity index (χ0n) is 7.29. The molecule has 0 aliphatic carbocycles. The van der Waals surface area contributed by atoms with E-state index < -0.39 is 0 Å². The minimum atomic E-state index is 0.637. The van der Waals surface area contributed by atoms with Crippen molar-refractivity contribution in [3.8, 4) is 6.07 Å². The molecule has 0 spiro atoms. The Labute approximate surface area is 76.4 Å². The van der Waals surface area contributed by atoms with Crippen molar-refractivity contribution in [2.45, 2.75) is 6.92 Å². The maximum atomic E-state index is 8.86. The molecule has 0 saturated carbocycles. The van der Waals surface area contributed by atoms with E-state index in [-0.39, 0.29) is 0 Å². The molecule has 0 N–H and O–H groups in total. The molecule has 2 rings (SSSR count). The van der Waals surface area contributed by atoms with Gasteiger partial charge in [-0.3, -0.25) is 0 Å². The number of hydrogen-bond acceptors (Lipinski definition) is 2. The summed E-state index contributed by atoms with van der Waals surface area (Å²) < 4.78 is 5.38. The van der Waals surface area contributed by atoms with Crippen molar-refractivity contribution in [2.24, 2.45) is 0 Å². The van der Waals surface area contributed by atoms with E-state index in [1.165, 1.54) is 0 Å². The summed E-state index contributed by atoms with van der Waals surface area (Å²) in [5.41, 5.74) is 2.34. The van der Waals surface area contributed by atoms with Crippen LogP contribution < -0.4 is 0 Å². The van der Waals surface area contributed by atoms with Gasteiger partial charge in [-0.2, -0.15) is 5.26 Å². The number of rotatable bonds is 0. The summed E-state index contributed by atoms with van der Waals surface area (Å²) in [4.78, 5) is 0. The summed E-state index contributed by atoms with van der Waals surface area (Å²) >= 11 is 0. The lowest BCUT2D eigenvalue weighted by Gasteiger charge is -1.91. The summed E-state index contributed by atoms with van der Waals surface area (Å²) in [6, 6.07) is 7.57. The Morgan fingerprint density at radius 1 is 1.46 bits per heavy atom. The molecule has 1 aromatic carbocycles. The van der Waals surface area contributed by atoms with Gasteiger partial charge in [-0.15, -0.1) is 0 Å². The number of hydrogen-bond donors (Lipinski definition) is 0. The Balaban J connectivity index is 2.97. The maximum Gasteiger partial charge on any atom is 0.135 e. The fourth-order valence-corrected chi connectivity index (χ4v) is 1.44. The topological polar surface area (TPSA) is 36.9 Å². The van der Waals surface area contributed by atoms with Crippen LogP contribution in [0.4, 0.5) is 0 Å². The van der Waals surface area contributed by atoms with Crippen LogP contribution in [-0.4, -0.2) is 0 Å². The molecular formula is C11H8NO. The minimum absolute atomic E-state index is 0.637. The average Bonchev–Trinajstić information content (AvgIpc) is 2.43. The summed E-state index contributed by atoms with van der Waals surface area (Å²) in [7, 11) is 0. The lowest BCUT2D eigenvalue weighted by Crippen LogP contribution is -1.77. The summed E-state index contributed by atoms with van der Waals surface area (Å²) in [6.07, 6.45) is 0. The van der Waals surface area contributed by atoms with Gasteiger partial charge in [0.25, 0.3) is 0 Å². The van der Waals surface area contributed by atoms with Crippen molar-refractivity contribution in [1.82, 2.24) is 0 Å². The fraction of sp³-hybridized carbons (Fsp3) is 0.0909. The standard InChI is InChI=1S/C11H8NO/c1-7-8(2)13-10-5-3-4-9(6-12)11(7)10/h3-5H,2H2,1H3. The van der Waals surface area contributed by atoms with E-state index in [9.17, 15) is 0 Å². The molecule has 0 bridgehead atoms. The third kappa shape index (κ3) is 1.01. The van der Waals surface area contributed by atoms with Gasteiger partial charge < -0.3 is 4.42 Å². The van der Waals surface area contributed by atoms with E-state index in [0.717, 1.165) is 16.5 Å². The largest absolute Gasteiger partial charge is 0.461 e. The molecular weight excluding hydrogens is 162 g/mol. The van der Waals surface area contributed by atoms with E-state index in [1.807, 2.05) is 19.1 Å². The molecule has 1 radical (unpaired) electrons. The predicted octanol–water partition coefficient (Wildman–Crippen LogP) is 2.80. The quantitative estimate of drug-likeness (QED) is 0.609. The van der Waals surface area contributed by atoms with Crippen molar-refractivity contribution in [2.75, 3.05) is 0 Å². The third-order valence-electron chi connectivity index (χ3n) is 2.17. The van der Waals surface area contributed by atoms with Gasteiger partial charge in [0.15, 0.2) is 0 Å². The molecule has 0 unspecified atom stereocenters. The monoisotopic (exact) mass is 170 g/mol. The zero-order valence-corrected chi connectivity index (χ0v) is 7.29. The van der Waals surface area contributed by atoms with Crippen LogP contribution in [0.5, 0.6) is 0 Å². The normalized spacial score (nSPS) is 10.2. The van der Waals surface area contributed by atoms with Crippen molar-refractivity contribution >= 4 is 11.0 Å². The molecule has 2 aromatic rings. The molecule has 2 nitrogen and oxygen atoms in total. The number of nitrogens with zero attached hydrogens (tertiary/aromatic N) is 1. The smallest absolute Gasteiger partial charge is 0.135 e. The van der Waals surface area contributed by atoms with Gasteiger partial charge in [0.1, 0.15) is 11.3 Å². The van der Waals surface area contributed by atoms with Crippen LogP contribution in [0.15, 0.2) is 22.6 Å². The van der Waals surface area contributed by atoms with Gasteiger partial charge in [0.2, 0.25) is 0 Å². The van der Waals surface area contributed by atoms with Gasteiger partial charge in [0.05, 0.1) is 11.6 Å². The summed E-state index contributed by atoms with van der Waals surface area (Å²) in [5, 5.41) is 9.74. The van der Waals surface area contributed by atoms with Gasteiger partial charge in [-0.05, 0) is 24.6 Å². The minimum Gasteiger partial charge on any atom is -0.461 e. The number of aryl methyl sites for hydroxylation is 1. The first-order valence-electron chi connectivity index (χ1n) is 3.98. The van der Waals surface area contributed by atoms with Crippen molar-refractivity contribution in [3.63, 3.8) is 0 Å². The Bertz CT molecular complexity index is 503. The van der Waals surface area contributed by atoms with Crippen molar-refractivity contribution < 1.29 is 4.42 Å². The molecule has 0 amide bonds. The second-order valence-electron chi connectivity index (χ2n) is 2.94. The average molecular weight is 170 g/mol. The van der Waals surface area contributed by atoms with E-state index >= 15 is 0 Å².